The first-order chi connectivity index (χ1) is 13.4. The number of carbonyl (C=O) groups is 2. The molecule has 0 spiro atoms. The summed E-state index contributed by atoms with van der Waals surface area (Å²) in [4.78, 5) is 23.2. The summed E-state index contributed by atoms with van der Waals surface area (Å²) in [6.07, 6.45) is 2.06. The second kappa shape index (κ2) is 10.9. The smallest absolute Gasteiger partial charge is 0.329 e. The van der Waals surface area contributed by atoms with Gasteiger partial charge in [0.2, 0.25) is 0 Å². The topological polar surface area (TPSA) is 79.8 Å². The number of nitrogens with zero attached hydrogens (tertiary/aromatic N) is 1. The number of hydrazone groups is 1. The van der Waals surface area contributed by atoms with Crippen LogP contribution in [0.1, 0.15) is 24.5 Å². The van der Waals surface area contributed by atoms with Crippen LogP contribution in [0.5, 0.6) is 5.75 Å². The number of hydrogen-bond donors (Lipinski definition) is 2. The first-order valence-electron chi connectivity index (χ1n) is 8.38. The van der Waals surface area contributed by atoms with E-state index < -0.39 is 11.8 Å². The van der Waals surface area contributed by atoms with Crippen LogP contribution < -0.4 is 15.5 Å². The van der Waals surface area contributed by atoms with E-state index in [-0.39, 0.29) is 6.61 Å². The van der Waals surface area contributed by atoms with Gasteiger partial charge >= 0.3 is 11.8 Å². The van der Waals surface area contributed by atoms with E-state index in [1.807, 2.05) is 6.92 Å². The second-order valence-electron chi connectivity index (χ2n) is 5.63. The maximum absolute atomic E-state index is 11.7. The van der Waals surface area contributed by atoms with Crippen molar-refractivity contribution in [3.05, 3.63) is 62.6 Å². The molecule has 148 valence electrons. The summed E-state index contributed by atoms with van der Waals surface area (Å²) in [7, 11) is 0. The minimum absolute atomic E-state index is 0.132. The Morgan fingerprint density at radius 1 is 1.11 bits per heavy atom. The largest absolute Gasteiger partial charge is 0.488 e. The van der Waals surface area contributed by atoms with Crippen molar-refractivity contribution in [3.8, 4) is 5.75 Å². The van der Waals surface area contributed by atoms with Gasteiger partial charge in [0.15, 0.2) is 0 Å². The summed E-state index contributed by atoms with van der Waals surface area (Å²) < 4.78 is 5.79. The standard InChI is InChI=1S/C19H18Cl3N3O3/c1-2-8-23-18(26)19(27)25-24-10-12-9-13(20)6-7-17(12)28-11-14-15(21)4-3-5-16(14)22/h3-7,9-10H,2,8,11H2,1H3,(H,23,26)(H,25,27)/b24-10-. The summed E-state index contributed by atoms with van der Waals surface area (Å²) in [5, 5.41) is 7.67. The summed E-state index contributed by atoms with van der Waals surface area (Å²) in [5.74, 6) is -1.17. The number of benzene rings is 2. The predicted octanol–water partition coefficient (Wildman–Crippen LogP) is 4.20. The molecule has 0 aliphatic heterocycles. The molecule has 0 bridgehead atoms. The van der Waals surface area contributed by atoms with Crippen molar-refractivity contribution in [3.63, 3.8) is 0 Å². The molecule has 0 aliphatic carbocycles. The Balaban J connectivity index is 2.07. The lowest BCUT2D eigenvalue weighted by Gasteiger charge is -2.11. The van der Waals surface area contributed by atoms with Crippen LogP contribution in [0.3, 0.4) is 0 Å². The minimum atomic E-state index is -0.864. The number of rotatable bonds is 7. The van der Waals surface area contributed by atoms with Crippen molar-refractivity contribution in [2.75, 3.05) is 6.54 Å². The van der Waals surface area contributed by atoms with Gasteiger partial charge in [-0.3, -0.25) is 9.59 Å². The fourth-order valence-electron chi connectivity index (χ4n) is 2.10. The molecule has 0 radical (unpaired) electrons. The molecule has 0 atom stereocenters. The zero-order chi connectivity index (χ0) is 20.5. The summed E-state index contributed by atoms with van der Waals surface area (Å²) in [5.41, 5.74) is 3.30. The number of carbonyl (C=O) groups excluding carboxylic acids is 2. The summed E-state index contributed by atoms with van der Waals surface area (Å²) in [6.45, 7) is 2.42. The van der Waals surface area contributed by atoms with Crippen LogP contribution in [0, 0.1) is 0 Å². The third-order valence-corrected chi connectivity index (χ3v) is 4.46. The Labute approximate surface area is 177 Å². The van der Waals surface area contributed by atoms with Crippen LogP contribution in [-0.4, -0.2) is 24.6 Å². The number of amides is 2. The first kappa shape index (κ1) is 22.0. The maximum Gasteiger partial charge on any atom is 0.329 e. The van der Waals surface area contributed by atoms with E-state index in [1.165, 1.54) is 6.21 Å². The number of hydrogen-bond acceptors (Lipinski definition) is 4. The highest BCUT2D eigenvalue weighted by Crippen LogP contribution is 2.27. The molecule has 0 aliphatic rings. The third-order valence-electron chi connectivity index (χ3n) is 3.52. The molecule has 2 N–H and O–H groups in total. The fraction of sp³-hybridized carbons (Fsp3) is 0.211. The van der Waals surface area contributed by atoms with Gasteiger partial charge < -0.3 is 10.1 Å². The average Bonchev–Trinajstić information content (AvgIpc) is 2.66. The zero-order valence-corrected chi connectivity index (χ0v) is 17.2. The van der Waals surface area contributed by atoms with Crippen LogP contribution in [0.2, 0.25) is 15.1 Å². The molecule has 0 fully saturated rings. The van der Waals surface area contributed by atoms with Crippen molar-refractivity contribution in [2.45, 2.75) is 20.0 Å². The molecule has 28 heavy (non-hydrogen) atoms. The predicted molar refractivity (Wildman–Crippen MR) is 111 cm³/mol. The van der Waals surface area contributed by atoms with Gasteiger partial charge in [-0.15, -0.1) is 0 Å². The van der Waals surface area contributed by atoms with E-state index in [1.54, 1.807) is 36.4 Å². The van der Waals surface area contributed by atoms with Crippen LogP contribution >= 0.6 is 34.8 Å². The molecule has 0 aromatic heterocycles. The molecule has 2 rings (SSSR count). The Morgan fingerprint density at radius 3 is 2.50 bits per heavy atom. The normalized spacial score (nSPS) is 10.7. The molecule has 9 heteroatoms. The van der Waals surface area contributed by atoms with Gasteiger partial charge in [-0.25, -0.2) is 5.43 Å². The van der Waals surface area contributed by atoms with Crippen molar-refractivity contribution in [2.24, 2.45) is 5.10 Å². The molecule has 0 saturated heterocycles. The van der Waals surface area contributed by atoms with Crippen molar-refractivity contribution in [1.29, 1.82) is 0 Å². The zero-order valence-electron chi connectivity index (χ0n) is 15.0. The molecule has 0 unspecified atom stereocenters. The highest BCUT2D eigenvalue weighted by Gasteiger charge is 2.12. The van der Waals surface area contributed by atoms with E-state index in [9.17, 15) is 9.59 Å². The van der Waals surface area contributed by atoms with Crippen molar-refractivity contribution >= 4 is 52.8 Å². The lowest BCUT2D eigenvalue weighted by molar-refractivity contribution is -0.139. The van der Waals surface area contributed by atoms with Gasteiger partial charge in [0.05, 0.1) is 6.21 Å². The first-order valence-corrected chi connectivity index (χ1v) is 9.52. The highest BCUT2D eigenvalue weighted by molar-refractivity contribution is 6.36. The van der Waals surface area contributed by atoms with Crippen LogP contribution in [0.4, 0.5) is 0 Å². The quantitative estimate of drug-likeness (QED) is 0.383. The molecule has 0 saturated carbocycles. The van der Waals surface area contributed by atoms with Gasteiger partial charge in [-0.05, 0) is 36.8 Å². The fourth-order valence-corrected chi connectivity index (χ4v) is 2.79. The van der Waals surface area contributed by atoms with E-state index in [0.717, 1.165) is 6.42 Å². The molecule has 6 nitrogen and oxygen atoms in total. The number of halogens is 3. The van der Waals surface area contributed by atoms with Gasteiger partial charge in [-0.1, -0.05) is 47.8 Å². The Bertz CT molecular complexity index is 868. The van der Waals surface area contributed by atoms with Crippen LogP contribution in [-0.2, 0) is 16.2 Å². The van der Waals surface area contributed by atoms with E-state index in [4.69, 9.17) is 39.5 Å². The third kappa shape index (κ3) is 6.41. The molecule has 2 aromatic rings. The van der Waals surface area contributed by atoms with Crippen LogP contribution in [0.25, 0.3) is 0 Å². The minimum Gasteiger partial charge on any atom is -0.488 e. The summed E-state index contributed by atoms with van der Waals surface area (Å²) in [6, 6.07) is 10.1. The van der Waals surface area contributed by atoms with Crippen molar-refractivity contribution in [1.82, 2.24) is 10.7 Å². The molecule has 0 heterocycles. The summed E-state index contributed by atoms with van der Waals surface area (Å²) >= 11 is 18.3. The van der Waals surface area contributed by atoms with Gasteiger partial charge in [0.25, 0.3) is 0 Å². The Morgan fingerprint density at radius 2 is 1.82 bits per heavy atom. The van der Waals surface area contributed by atoms with E-state index >= 15 is 0 Å². The average molecular weight is 443 g/mol. The van der Waals surface area contributed by atoms with E-state index in [2.05, 4.69) is 15.8 Å². The monoisotopic (exact) mass is 441 g/mol. The number of nitrogens with one attached hydrogen (secondary N) is 2. The molecular formula is C19H18Cl3N3O3. The Hall–Kier alpha value is -2.28. The maximum atomic E-state index is 11.7. The molecule has 2 aromatic carbocycles. The molecular weight excluding hydrogens is 425 g/mol. The number of ether oxygens (including phenoxy) is 1. The SMILES string of the molecule is CCCNC(=O)C(=O)N/N=C\c1cc(Cl)ccc1OCc1c(Cl)cccc1Cl. The van der Waals surface area contributed by atoms with Gasteiger partial charge in [0.1, 0.15) is 12.4 Å². The van der Waals surface area contributed by atoms with Crippen LogP contribution in [0.15, 0.2) is 41.5 Å². The lowest BCUT2D eigenvalue weighted by atomic mass is 10.2. The Kier molecular flexibility index (Phi) is 8.57. The van der Waals surface area contributed by atoms with E-state index in [0.29, 0.717) is 38.5 Å². The van der Waals surface area contributed by atoms with Crippen molar-refractivity contribution < 1.29 is 14.3 Å². The lowest BCUT2D eigenvalue weighted by Crippen LogP contribution is -2.38. The highest BCUT2D eigenvalue weighted by atomic mass is 35.5. The second-order valence-corrected chi connectivity index (χ2v) is 6.88. The molecule has 2 amide bonds. The van der Waals surface area contributed by atoms with Gasteiger partial charge in [0, 0.05) is 32.7 Å². The van der Waals surface area contributed by atoms with Gasteiger partial charge in [-0.2, -0.15) is 5.10 Å².